The second-order valence-electron chi connectivity index (χ2n) is 13.7. The van der Waals surface area contributed by atoms with Crippen LogP contribution in [0.15, 0.2) is 48.5 Å². The van der Waals surface area contributed by atoms with Crippen LogP contribution in [0, 0.1) is 5.41 Å². The lowest BCUT2D eigenvalue weighted by atomic mass is 9.76. The standard InChI is InChI=1S/C36H36F11N3O4/c1-54-27-9-8-22(19-49-16-12-33(37,38)13-17-49)29(35(42,43)44)28(27)25-7-3-5-23-21(4-2-6-24(23)25)18-26(30(51)52)48-31(53)32(36(45,46)47)10-14-50(15-11-32)20-34(39,40)41/h2-9,26H,10-20H2,1H3,(H,48,53)(H,51,52)/t26-/m0/s1. The Bertz CT molecular complexity index is 1840. The summed E-state index contributed by atoms with van der Waals surface area (Å²) in [4.78, 5) is 27.9. The van der Waals surface area contributed by atoms with E-state index in [2.05, 4.69) is 0 Å². The van der Waals surface area contributed by atoms with Crippen LogP contribution >= 0.6 is 0 Å². The lowest BCUT2D eigenvalue weighted by Crippen LogP contribution is -2.59. The van der Waals surface area contributed by atoms with Crippen LogP contribution in [0.25, 0.3) is 21.9 Å². The van der Waals surface area contributed by atoms with Crippen LogP contribution in [0.1, 0.15) is 42.4 Å². The number of hydrogen-bond acceptors (Lipinski definition) is 5. The van der Waals surface area contributed by atoms with Crippen molar-refractivity contribution in [3.8, 4) is 16.9 Å². The second kappa shape index (κ2) is 15.2. The molecule has 2 fully saturated rings. The van der Waals surface area contributed by atoms with Crippen molar-refractivity contribution in [1.29, 1.82) is 0 Å². The Kier molecular flexibility index (Phi) is 11.5. The summed E-state index contributed by atoms with van der Waals surface area (Å²) in [6, 6.07) is 9.03. The molecule has 2 heterocycles. The van der Waals surface area contributed by atoms with E-state index in [1.54, 1.807) is 0 Å². The number of rotatable bonds is 10. The van der Waals surface area contributed by atoms with Gasteiger partial charge in [0.1, 0.15) is 17.2 Å². The number of methoxy groups -OCH3 is 1. The number of carboxylic acids is 1. The molecule has 0 spiro atoms. The zero-order valence-electron chi connectivity index (χ0n) is 28.7. The van der Waals surface area contributed by atoms with Crippen molar-refractivity contribution in [3.05, 3.63) is 65.2 Å². The van der Waals surface area contributed by atoms with Crippen LogP contribution in [-0.4, -0.2) is 90.9 Å². The number of amides is 1. The first-order valence-corrected chi connectivity index (χ1v) is 16.8. The van der Waals surface area contributed by atoms with Gasteiger partial charge in [-0.15, -0.1) is 0 Å². The monoisotopic (exact) mass is 783 g/mol. The number of halogens is 11. The lowest BCUT2D eigenvalue weighted by Gasteiger charge is -2.42. The van der Waals surface area contributed by atoms with Gasteiger partial charge in [-0.2, -0.15) is 39.5 Å². The summed E-state index contributed by atoms with van der Waals surface area (Å²) in [5.41, 5.74) is -4.68. The van der Waals surface area contributed by atoms with Crippen LogP contribution < -0.4 is 10.1 Å². The number of carboxylic acid groups (broad SMARTS) is 1. The number of piperidine rings is 2. The fourth-order valence-corrected chi connectivity index (χ4v) is 7.27. The van der Waals surface area contributed by atoms with Crippen LogP contribution in [0.5, 0.6) is 5.75 Å². The molecule has 7 nitrogen and oxygen atoms in total. The molecule has 0 aliphatic carbocycles. The molecule has 0 aromatic heterocycles. The van der Waals surface area contributed by atoms with E-state index in [1.807, 2.05) is 5.32 Å². The Morgan fingerprint density at radius 1 is 0.815 bits per heavy atom. The number of hydrogen-bond donors (Lipinski definition) is 2. The summed E-state index contributed by atoms with van der Waals surface area (Å²) in [5, 5.41) is 12.3. The molecule has 2 aliphatic heterocycles. The predicted molar refractivity (Wildman–Crippen MR) is 174 cm³/mol. The average Bonchev–Trinajstić information content (AvgIpc) is 3.07. The maximum Gasteiger partial charge on any atom is 0.417 e. The summed E-state index contributed by atoms with van der Waals surface area (Å²) in [7, 11) is 1.16. The Hall–Kier alpha value is -4.19. The van der Waals surface area contributed by atoms with Crippen molar-refractivity contribution >= 4 is 22.6 Å². The normalized spacial score (nSPS) is 19.0. The molecule has 2 aliphatic rings. The van der Waals surface area contributed by atoms with Crippen molar-refractivity contribution < 1.29 is 67.7 Å². The fourth-order valence-electron chi connectivity index (χ4n) is 7.27. The van der Waals surface area contributed by atoms with Gasteiger partial charge in [-0.05, 0) is 59.5 Å². The minimum absolute atomic E-state index is 0.00287. The Morgan fingerprint density at radius 2 is 1.41 bits per heavy atom. The molecule has 296 valence electrons. The molecule has 1 amide bonds. The zero-order valence-corrected chi connectivity index (χ0v) is 28.7. The fraction of sp³-hybridized carbons (Fsp3) is 0.500. The van der Waals surface area contributed by atoms with Crippen LogP contribution in [0.4, 0.5) is 48.3 Å². The summed E-state index contributed by atoms with van der Waals surface area (Å²) < 4.78 is 160. The van der Waals surface area contributed by atoms with Gasteiger partial charge in [0.15, 0.2) is 0 Å². The molecule has 0 unspecified atom stereocenters. The van der Waals surface area contributed by atoms with Gasteiger partial charge in [0, 0.05) is 44.5 Å². The highest BCUT2D eigenvalue weighted by atomic mass is 19.4. The van der Waals surface area contributed by atoms with E-state index >= 15 is 0 Å². The number of carbonyl (C=O) groups is 2. The minimum Gasteiger partial charge on any atom is -0.496 e. The quantitative estimate of drug-likeness (QED) is 0.203. The lowest BCUT2D eigenvalue weighted by molar-refractivity contribution is -0.236. The zero-order chi connectivity index (χ0) is 39.9. The molecule has 3 aromatic rings. The van der Waals surface area contributed by atoms with Crippen LogP contribution in [-0.2, 0) is 28.7 Å². The second-order valence-corrected chi connectivity index (χ2v) is 13.7. The summed E-state index contributed by atoms with van der Waals surface area (Å²) in [6.45, 7) is -3.50. The van der Waals surface area contributed by atoms with Crippen molar-refractivity contribution in [3.63, 3.8) is 0 Å². The van der Waals surface area contributed by atoms with Crippen molar-refractivity contribution in [1.82, 2.24) is 15.1 Å². The smallest absolute Gasteiger partial charge is 0.417 e. The largest absolute Gasteiger partial charge is 0.496 e. The number of nitrogens with zero attached hydrogens (tertiary/aromatic N) is 2. The summed E-state index contributed by atoms with van der Waals surface area (Å²) in [5.74, 6) is -6.55. The van der Waals surface area contributed by atoms with Crippen LogP contribution in [0.3, 0.4) is 0 Å². The van der Waals surface area contributed by atoms with Gasteiger partial charge in [0.2, 0.25) is 5.91 Å². The van der Waals surface area contributed by atoms with Gasteiger partial charge in [0.25, 0.3) is 5.92 Å². The Morgan fingerprint density at radius 3 is 1.96 bits per heavy atom. The molecule has 5 rings (SSSR count). The Labute approximate surface area is 302 Å². The van der Waals surface area contributed by atoms with Gasteiger partial charge >= 0.3 is 24.5 Å². The molecule has 1 atom stereocenters. The number of benzene rings is 3. The van der Waals surface area contributed by atoms with E-state index in [9.17, 15) is 63.0 Å². The first-order valence-electron chi connectivity index (χ1n) is 16.8. The molecule has 0 radical (unpaired) electrons. The first kappa shape index (κ1) is 41.0. The van der Waals surface area contributed by atoms with Gasteiger partial charge in [-0.25, -0.2) is 13.6 Å². The molecule has 2 N–H and O–H groups in total. The maximum absolute atomic E-state index is 15.0. The van der Waals surface area contributed by atoms with E-state index in [0.717, 1.165) is 12.0 Å². The molecule has 3 aromatic carbocycles. The van der Waals surface area contributed by atoms with Gasteiger partial charge < -0.3 is 15.2 Å². The number of carbonyl (C=O) groups excluding carboxylic acids is 1. The van der Waals surface area contributed by atoms with Crippen molar-refractivity contribution in [2.24, 2.45) is 5.41 Å². The van der Waals surface area contributed by atoms with E-state index < -0.39 is 105 Å². The van der Waals surface area contributed by atoms with E-state index in [1.165, 1.54) is 53.4 Å². The predicted octanol–water partition coefficient (Wildman–Crippen LogP) is 8.08. The summed E-state index contributed by atoms with van der Waals surface area (Å²) in [6.07, 6.45) is -18.6. The first-order chi connectivity index (χ1) is 25.0. The number of fused-ring (bicyclic) bond motifs is 1. The highest BCUT2D eigenvalue weighted by Gasteiger charge is 2.61. The van der Waals surface area contributed by atoms with E-state index in [0.29, 0.717) is 0 Å². The number of alkyl halides is 11. The topological polar surface area (TPSA) is 82.1 Å². The van der Waals surface area contributed by atoms with Crippen molar-refractivity contribution in [2.75, 3.05) is 39.8 Å². The van der Waals surface area contributed by atoms with Gasteiger partial charge in [0.05, 0.1) is 19.2 Å². The molecular formula is C36H36F11N3O4. The number of aliphatic carboxylic acids is 1. The third-order valence-electron chi connectivity index (χ3n) is 10.1. The molecule has 0 saturated carbocycles. The highest BCUT2D eigenvalue weighted by molar-refractivity contribution is 6.01. The van der Waals surface area contributed by atoms with Crippen molar-refractivity contribution in [2.45, 2.75) is 69.1 Å². The molecular weight excluding hydrogens is 747 g/mol. The SMILES string of the molecule is COc1ccc(CN2CCC(F)(F)CC2)c(C(F)(F)F)c1-c1cccc2c(C[C@H](NC(=O)C3(C(F)(F)F)CCN(CC(F)(F)F)CC3)C(=O)O)cccc12. The number of ether oxygens (including phenoxy) is 1. The molecule has 0 bridgehead atoms. The summed E-state index contributed by atoms with van der Waals surface area (Å²) >= 11 is 0. The highest BCUT2D eigenvalue weighted by Crippen LogP contribution is 2.48. The maximum atomic E-state index is 15.0. The number of likely N-dealkylation sites (tertiary alicyclic amines) is 2. The third kappa shape index (κ3) is 8.85. The van der Waals surface area contributed by atoms with Gasteiger partial charge in [-0.1, -0.05) is 42.5 Å². The average molecular weight is 784 g/mol. The number of nitrogens with one attached hydrogen (secondary N) is 1. The molecule has 54 heavy (non-hydrogen) atoms. The van der Waals surface area contributed by atoms with Gasteiger partial charge in [-0.3, -0.25) is 14.6 Å². The van der Waals surface area contributed by atoms with Crippen LogP contribution in [0.2, 0.25) is 0 Å². The molecule has 18 heteroatoms. The Balaban J connectivity index is 1.50. The minimum atomic E-state index is -5.23. The molecule has 2 saturated heterocycles. The third-order valence-corrected chi connectivity index (χ3v) is 10.1. The van der Waals surface area contributed by atoms with E-state index in [-0.39, 0.29) is 58.4 Å². The van der Waals surface area contributed by atoms with E-state index in [4.69, 9.17) is 4.74 Å².